The Balaban J connectivity index is 1.59. The second-order valence-electron chi connectivity index (χ2n) is 6.90. The fraction of sp³-hybridized carbons (Fsp3) is 0.190. The van der Waals surface area contributed by atoms with Gasteiger partial charge in [-0.25, -0.2) is 9.97 Å². The normalized spacial score (nSPS) is 11.0. The standard InChI is InChI=1S/C21H20N6O2/c1-13(2)29-20-10-15(6-7-23-20)21(28)24-19-9-16-8-14(4-5-17(16)25-26-19)18-11-22-12-27(18)3/h4-13H,1-3H3,(H,24,26,28). The first-order valence-corrected chi connectivity index (χ1v) is 9.18. The molecule has 0 aliphatic rings. The van der Waals surface area contributed by atoms with Gasteiger partial charge < -0.3 is 14.6 Å². The molecule has 1 aromatic carbocycles. The predicted molar refractivity (Wildman–Crippen MR) is 110 cm³/mol. The van der Waals surface area contributed by atoms with Crippen LogP contribution in [0, 0.1) is 0 Å². The first-order chi connectivity index (χ1) is 14.0. The van der Waals surface area contributed by atoms with E-state index in [1.165, 1.54) is 0 Å². The lowest BCUT2D eigenvalue weighted by atomic mass is 10.1. The van der Waals surface area contributed by atoms with E-state index in [1.807, 2.05) is 43.7 Å². The number of amides is 1. The minimum absolute atomic E-state index is 0.0270. The van der Waals surface area contributed by atoms with Crippen molar-refractivity contribution in [3.8, 4) is 17.1 Å². The molecule has 3 aromatic heterocycles. The van der Waals surface area contributed by atoms with Crippen LogP contribution in [0.25, 0.3) is 22.2 Å². The molecule has 8 heteroatoms. The van der Waals surface area contributed by atoms with E-state index in [0.717, 1.165) is 22.2 Å². The van der Waals surface area contributed by atoms with E-state index in [2.05, 4.69) is 25.5 Å². The third-order valence-corrected chi connectivity index (χ3v) is 4.29. The number of nitrogens with one attached hydrogen (secondary N) is 1. The van der Waals surface area contributed by atoms with E-state index in [1.54, 1.807) is 36.9 Å². The maximum absolute atomic E-state index is 12.6. The van der Waals surface area contributed by atoms with E-state index in [-0.39, 0.29) is 12.0 Å². The van der Waals surface area contributed by atoms with Gasteiger partial charge in [-0.3, -0.25) is 4.79 Å². The van der Waals surface area contributed by atoms with Gasteiger partial charge in [0, 0.05) is 35.8 Å². The molecule has 1 N–H and O–H groups in total. The lowest BCUT2D eigenvalue weighted by Gasteiger charge is -2.10. The second kappa shape index (κ2) is 7.67. The number of fused-ring (bicyclic) bond motifs is 1. The van der Waals surface area contributed by atoms with E-state index in [0.29, 0.717) is 17.3 Å². The minimum atomic E-state index is -0.308. The number of ether oxygens (including phenoxy) is 1. The summed E-state index contributed by atoms with van der Waals surface area (Å²) in [5, 5.41) is 12.0. The first kappa shape index (κ1) is 18.5. The highest BCUT2D eigenvalue weighted by atomic mass is 16.5. The number of aryl methyl sites for hydroxylation is 1. The molecule has 0 fully saturated rings. The van der Waals surface area contributed by atoms with Crippen molar-refractivity contribution in [2.75, 3.05) is 5.32 Å². The Morgan fingerprint density at radius 3 is 2.76 bits per heavy atom. The second-order valence-corrected chi connectivity index (χ2v) is 6.90. The fourth-order valence-corrected chi connectivity index (χ4v) is 2.95. The number of anilines is 1. The molecule has 8 nitrogen and oxygen atoms in total. The minimum Gasteiger partial charge on any atom is -0.475 e. The van der Waals surface area contributed by atoms with Crippen LogP contribution in [-0.4, -0.2) is 36.7 Å². The maximum Gasteiger partial charge on any atom is 0.257 e. The highest BCUT2D eigenvalue weighted by Crippen LogP contribution is 2.24. The smallest absolute Gasteiger partial charge is 0.257 e. The lowest BCUT2D eigenvalue weighted by molar-refractivity contribution is 0.102. The Hall–Kier alpha value is -3.81. The summed E-state index contributed by atoms with van der Waals surface area (Å²) in [6, 6.07) is 10.9. The van der Waals surface area contributed by atoms with Crippen LogP contribution < -0.4 is 10.1 Å². The molecule has 4 rings (SSSR count). The van der Waals surface area contributed by atoms with Crippen LogP contribution in [0.4, 0.5) is 5.82 Å². The van der Waals surface area contributed by atoms with Crippen molar-refractivity contribution in [1.29, 1.82) is 0 Å². The summed E-state index contributed by atoms with van der Waals surface area (Å²) in [5.74, 6) is 0.461. The highest BCUT2D eigenvalue weighted by Gasteiger charge is 2.11. The van der Waals surface area contributed by atoms with Crippen molar-refractivity contribution in [1.82, 2.24) is 24.7 Å². The molecule has 0 saturated carbocycles. The molecule has 0 atom stereocenters. The lowest BCUT2D eigenvalue weighted by Crippen LogP contribution is -2.14. The highest BCUT2D eigenvalue weighted by molar-refractivity contribution is 6.04. The number of carbonyl (C=O) groups is 1. The van der Waals surface area contributed by atoms with Crippen molar-refractivity contribution in [3.63, 3.8) is 0 Å². The number of rotatable bonds is 5. The van der Waals surface area contributed by atoms with Crippen molar-refractivity contribution in [2.24, 2.45) is 7.05 Å². The number of imidazole rings is 1. The summed E-state index contributed by atoms with van der Waals surface area (Å²) >= 11 is 0. The Morgan fingerprint density at radius 1 is 1.14 bits per heavy atom. The molecule has 0 aliphatic heterocycles. The van der Waals surface area contributed by atoms with Gasteiger partial charge >= 0.3 is 0 Å². The van der Waals surface area contributed by atoms with Gasteiger partial charge in [-0.05, 0) is 38.1 Å². The topological polar surface area (TPSA) is 94.8 Å². The zero-order valence-electron chi connectivity index (χ0n) is 16.3. The zero-order chi connectivity index (χ0) is 20.4. The van der Waals surface area contributed by atoms with Gasteiger partial charge in [-0.1, -0.05) is 6.07 Å². The van der Waals surface area contributed by atoms with Crippen LogP contribution in [0.2, 0.25) is 0 Å². The number of carbonyl (C=O) groups excluding carboxylic acids is 1. The monoisotopic (exact) mass is 388 g/mol. The van der Waals surface area contributed by atoms with Crippen LogP contribution in [-0.2, 0) is 7.05 Å². The number of hydrogen-bond donors (Lipinski definition) is 1. The summed E-state index contributed by atoms with van der Waals surface area (Å²) in [7, 11) is 1.94. The van der Waals surface area contributed by atoms with Crippen LogP contribution in [0.3, 0.4) is 0 Å². The molecule has 0 saturated heterocycles. The summed E-state index contributed by atoms with van der Waals surface area (Å²) in [5.41, 5.74) is 3.17. The predicted octanol–water partition coefficient (Wildman–Crippen LogP) is 3.46. The number of aromatic nitrogens is 5. The molecular weight excluding hydrogens is 368 g/mol. The molecule has 4 aromatic rings. The van der Waals surface area contributed by atoms with E-state index >= 15 is 0 Å². The Bertz CT molecular complexity index is 1180. The zero-order valence-corrected chi connectivity index (χ0v) is 16.3. The first-order valence-electron chi connectivity index (χ1n) is 9.18. The summed E-state index contributed by atoms with van der Waals surface area (Å²) in [6.45, 7) is 3.80. The van der Waals surface area contributed by atoms with Crippen molar-refractivity contribution >= 4 is 22.6 Å². The van der Waals surface area contributed by atoms with Gasteiger partial charge in [0.25, 0.3) is 5.91 Å². The van der Waals surface area contributed by atoms with Gasteiger partial charge in [0.2, 0.25) is 5.88 Å². The molecule has 1 amide bonds. The molecular formula is C21H20N6O2. The molecule has 0 aliphatic carbocycles. The van der Waals surface area contributed by atoms with E-state index < -0.39 is 0 Å². The van der Waals surface area contributed by atoms with Crippen LogP contribution in [0.5, 0.6) is 5.88 Å². The fourth-order valence-electron chi connectivity index (χ4n) is 2.95. The van der Waals surface area contributed by atoms with Crippen molar-refractivity contribution in [2.45, 2.75) is 20.0 Å². The maximum atomic E-state index is 12.6. The number of benzene rings is 1. The molecule has 0 spiro atoms. The largest absolute Gasteiger partial charge is 0.475 e. The Morgan fingerprint density at radius 2 is 2.00 bits per heavy atom. The molecule has 0 radical (unpaired) electrons. The third kappa shape index (κ3) is 4.06. The quantitative estimate of drug-likeness (QED) is 0.563. The van der Waals surface area contributed by atoms with Gasteiger partial charge in [-0.2, -0.15) is 0 Å². The van der Waals surface area contributed by atoms with Gasteiger partial charge in [0.05, 0.1) is 29.8 Å². The number of pyridine rings is 1. The number of hydrogen-bond acceptors (Lipinski definition) is 6. The van der Waals surface area contributed by atoms with Gasteiger partial charge in [0.1, 0.15) is 0 Å². The molecule has 0 unspecified atom stereocenters. The van der Waals surface area contributed by atoms with Crippen LogP contribution >= 0.6 is 0 Å². The van der Waals surface area contributed by atoms with E-state index in [4.69, 9.17) is 4.74 Å². The molecule has 3 heterocycles. The average molecular weight is 388 g/mol. The Kier molecular flexibility index (Phi) is 4.90. The van der Waals surface area contributed by atoms with Crippen molar-refractivity contribution < 1.29 is 9.53 Å². The number of nitrogens with zero attached hydrogens (tertiary/aromatic N) is 5. The average Bonchev–Trinajstić information content (AvgIpc) is 3.13. The summed E-state index contributed by atoms with van der Waals surface area (Å²) < 4.78 is 7.49. The van der Waals surface area contributed by atoms with Gasteiger partial charge in [-0.15, -0.1) is 10.2 Å². The van der Waals surface area contributed by atoms with Crippen molar-refractivity contribution in [3.05, 3.63) is 60.7 Å². The summed E-state index contributed by atoms with van der Waals surface area (Å²) in [6.07, 6.45) is 5.07. The summed E-state index contributed by atoms with van der Waals surface area (Å²) in [4.78, 5) is 20.9. The van der Waals surface area contributed by atoms with Crippen LogP contribution in [0.15, 0.2) is 55.1 Å². The molecule has 0 bridgehead atoms. The molecule has 146 valence electrons. The SMILES string of the molecule is CC(C)Oc1cc(C(=O)Nc2cc3cc(-c4cncn4C)ccc3nn2)ccn1. The van der Waals surface area contributed by atoms with Crippen LogP contribution in [0.1, 0.15) is 24.2 Å². The van der Waals surface area contributed by atoms with E-state index in [9.17, 15) is 4.79 Å². The molecule has 29 heavy (non-hydrogen) atoms. The van der Waals surface area contributed by atoms with Gasteiger partial charge in [0.15, 0.2) is 5.82 Å². The Labute approximate surface area is 167 Å². The third-order valence-electron chi connectivity index (χ3n) is 4.29.